The minimum atomic E-state index is -0.906. The van der Waals surface area contributed by atoms with Crippen LogP contribution in [0.15, 0.2) is 39.5 Å². The Labute approximate surface area is 117 Å². The summed E-state index contributed by atoms with van der Waals surface area (Å²) in [4.78, 5) is 13.6. The number of rotatable bonds is 3. The predicted octanol–water partition coefficient (Wildman–Crippen LogP) is 2.59. The van der Waals surface area contributed by atoms with Crippen LogP contribution in [0.5, 0.6) is 0 Å². The van der Waals surface area contributed by atoms with E-state index in [1.54, 1.807) is 6.07 Å². The highest BCUT2D eigenvalue weighted by Crippen LogP contribution is 2.25. The molecule has 0 saturated heterocycles. The number of nitrogens with two attached hydrogens (primary N) is 1. The number of fused-ring (bicyclic) bond motifs is 1. The second-order valence-electron chi connectivity index (χ2n) is 4.55. The number of oxazole rings is 1. The Morgan fingerprint density at radius 1 is 1.19 bits per heavy atom. The zero-order chi connectivity index (χ0) is 15.0. The van der Waals surface area contributed by atoms with Crippen molar-refractivity contribution in [3.05, 3.63) is 58.1 Å². The second kappa shape index (κ2) is 4.93. The molecule has 4 N–H and O–H groups in total. The first-order valence-electron chi connectivity index (χ1n) is 6.13. The molecule has 0 unspecified atom stereocenters. The minimum Gasteiger partial charge on any atom is -0.408 e. The predicted molar refractivity (Wildman–Crippen MR) is 74.9 cm³/mol. The average Bonchev–Trinajstić information content (AvgIpc) is 2.79. The lowest BCUT2D eigenvalue weighted by atomic mass is 10.2. The fraction of sp³-hybridized carbons (Fsp3) is 0.0714. The molecule has 0 spiro atoms. The zero-order valence-corrected chi connectivity index (χ0v) is 10.7. The standard InChI is InChI=1S/C14H11F2N3O2/c15-8-2-1-7(3-9(8)16)6-18-11-5-12-13(4-10(11)17)21-14(20)19-12/h1-5,18H,6,17H2,(H,19,20). The van der Waals surface area contributed by atoms with Crippen LogP contribution in [-0.4, -0.2) is 4.98 Å². The molecule has 2 aromatic carbocycles. The molecule has 1 heterocycles. The fourth-order valence-electron chi connectivity index (χ4n) is 2.01. The first-order valence-corrected chi connectivity index (χ1v) is 6.13. The average molecular weight is 291 g/mol. The Balaban J connectivity index is 1.85. The van der Waals surface area contributed by atoms with Gasteiger partial charge in [0.2, 0.25) is 0 Å². The molecule has 0 amide bonds. The molecule has 3 aromatic rings. The van der Waals surface area contributed by atoms with Crippen LogP contribution in [-0.2, 0) is 6.54 Å². The molecule has 0 radical (unpaired) electrons. The van der Waals surface area contributed by atoms with Gasteiger partial charge in [0.1, 0.15) is 0 Å². The molecule has 0 bridgehead atoms. The van der Waals surface area contributed by atoms with Gasteiger partial charge in [0.15, 0.2) is 17.2 Å². The van der Waals surface area contributed by atoms with Crippen molar-refractivity contribution >= 4 is 22.5 Å². The van der Waals surface area contributed by atoms with Gasteiger partial charge < -0.3 is 15.5 Å². The van der Waals surface area contributed by atoms with Gasteiger partial charge in [-0.3, -0.25) is 4.98 Å². The van der Waals surface area contributed by atoms with E-state index in [0.717, 1.165) is 12.1 Å². The summed E-state index contributed by atoms with van der Waals surface area (Å²) < 4.78 is 30.8. The maximum absolute atomic E-state index is 13.1. The number of H-pyrrole nitrogens is 1. The van der Waals surface area contributed by atoms with Crippen LogP contribution in [0, 0.1) is 11.6 Å². The van der Waals surface area contributed by atoms with Crippen LogP contribution in [0.4, 0.5) is 20.2 Å². The molecular weight excluding hydrogens is 280 g/mol. The summed E-state index contributed by atoms with van der Waals surface area (Å²) >= 11 is 0. The van der Waals surface area contributed by atoms with Crippen LogP contribution in [0.3, 0.4) is 0 Å². The van der Waals surface area contributed by atoms with E-state index >= 15 is 0 Å². The maximum atomic E-state index is 13.1. The lowest BCUT2D eigenvalue weighted by molar-refractivity contribution is 0.507. The molecule has 0 atom stereocenters. The van der Waals surface area contributed by atoms with Crippen molar-refractivity contribution in [2.75, 3.05) is 11.1 Å². The summed E-state index contributed by atoms with van der Waals surface area (Å²) in [6.45, 7) is 0.259. The van der Waals surface area contributed by atoms with Crippen LogP contribution in [0.25, 0.3) is 11.1 Å². The summed E-state index contributed by atoms with van der Waals surface area (Å²) in [5.74, 6) is -2.37. The van der Waals surface area contributed by atoms with E-state index in [2.05, 4.69) is 10.3 Å². The molecule has 0 aliphatic carbocycles. The molecule has 7 heteroatoms. The number of benzene rings is 2. The molecule has 5 nitrogen and oxygen atoms in total. The molecular formula is C14H11F2N3O2. The van der Waals surface area contributed by atoms with E-state index < -0.39 is 17.4 Å². The minimum absolute atomic E-state index is 0.259. The van der Waals surface area contributed by atoms with E-state index in [1.165, 1.54) is 12.1 Å². The van der Waals surface area contributed by atoms with E-state index in [0.29, 0.717) is 28.0 Å². The smallest absolute Gasteiger partial charge is 0.408 e. The van der Waals surface area contributed by atoms with Crippen molar-refractivity contribution in [2.45, 2.75) is 6.54 Å². The van der Waals surface area contributed by atoms with Crippen molar-refractivity contribution in [2.24, 2.45) is 0 Å². The van der Waals surface area contributed by atoms with Gasteiger partial charge in [0.25, 0.3) is 0 Å². The van der Waals surface area contributed by atoms with Gasteiger partial charge in [-0.2, -0.15) is 0 Å². The normalized spacial score (nSPS) is 11.0. The van der Waals surface area contributed by atoms with Crippen molar-refractivity contribution in [1.29, 1.82) is 0 Å². The molecule has 3 rings (SSSR count). The Morgan fingerprint density at radius 2 is 2.00 bits per heavy atom. The van der Waals surface area contributed by atoms with Gasteiger partial charge in [-0.05, 0) is 23.8 Å². The van der Waals surface area contributed by atoms with Gasteiger partial charge in [-0.15, -0.1) is 0 Å². The van der Waals surface area contributed by atoms with Gasteiger partial charge in [-0.25, -0.2) is 13.6 Å². The topological polar surface area (TPSA) is 84.0 Å². The van der Waals surface area contributed by atoms with Crippen LogP contribution >= 0.6 is 0 Å². The van der Waals surface area contributed by atoms with Crippen LogP contribution in [0.2, 0.25) is 0 Å². The highest BCUT2D eigenvalue weighted by molar-refractivity contribution is 5.85. The molecule has 0 fully saturated rings. The Morgan fingerprint density at radius 3 is 2.76 bits per heavy atom. The lowest BCUT2D eigenvalue weighted by Gasteiger charge is -2.09. The second-order valence-corrected chi connectivity index (χ2v) is 4.55. The summed E-state index contributed by atoms with van der Waals surface area (Å²) in [5, 5.41) is 3.00. The molecule has 21 heavy (non-hydrogen) atoms. The monoisotopic (exact) mass is 291 g/mol. The third-order valence-electron chi connectivity index (χ3n) is 3.06. The van der Waals surface area contributed by atoms with Crippen LogP contribution in [0.1, 0.15) is 5.56 Å². The number of anilines is 2. The highest BCUT2D eigenvalue weighted by Gasteiger charge is 2.07. The Hall–Kier alpha value is -2.83. The van der Waals surface area contributed by atoms with Crippen molar-refractivity contribution in [3.63, 3.8) is 0 Å². The van der Waals surface area contributed by atoms with E-state index in [-0.39, 0.29) is 6.54 Å². The zero-order valence-electron chi connectivity index (χ0n) is 10.7. The number of nitrogens with one attached hydrogen (secondary N) is 2. The third kappa shape index (κ3) is 2.58. The molecule has 1 aromatic heterocycles. The van der Waals surface area contributed by atoms with E-state index in [1.807, 2.05) is 0 Å². The van der Waals surface area contributed by atoms with E-state index in [4.69, 9.17) is 10.2 Å². The van der Waals surface area contributed by atoms with Gasteiger partial charge in [-0.1, -0.05) is 6.07 Å². The number of aromatic nitrogens is 1. The molecule has 0 aliphatic heterocycles. The quantitative estimate of drug-likeness (QED) is 0.648. The number of aromatic amines is 1. The number of halogens is 2. The summed E-state index contributed by atoms with van der Waals surface area (Å²) in [6.07, 6.45) is 0. The Kier molecular flexibility index (Phi) is 3.09. The van der Waals surface area contributed by atoms with Gasteiger partial charge >= 0.3 is 5.76 Å². The third-order valence-corrected chi connectivity index (χ3v) is 3.06. The van der Waals surface area contributed by atoms with Gasteiger partial charge in [0, 0.05) is 12.6 Å². The SMILES string of the molecule is Nc1cc2oc(=O)[nH]c2cc1NCc1ccc(F)c(F)c1. The van der Waals surface area contributed by atoms with Crippen LogP contribution < -0.4 is 16.8 Å². The summed E-state index contributed by atoms with van der Waals surface area (Å²) in [7, 11) is 0. The lowest BCUT2D eigenvalue weighted by Crippen LogP contribution is -2.03. The maximum Gasteiger partial charge on any atom is 0.417 e. The molecule has 0 saturated carbocycles. The van der Waals surface area contributed by atoms with Gasteiger partial charge in [0.05, 0.1) is 16.9 Å². The van der Waals surface area contributed by atoms with Crippen molar-refractivity contribution in [3.8, 4) is 0 Å². The molecule has 108 valence electrons. The van der Waals surface area contributed by atoms with E-state index in [9.17, 15) is 13.6 Å². The number of hydrogen-bond acceptors (Lipinski definition) is 4. The molecule has 0 aliphatic rings. The highest BCUT2D eigenvalue weighted by atomic mass is 19.2. The fourth-order valence-corrected chi connectivity index (χ4v) is 2.01. The van der Waals surface area contributed by atoms with Crippen molar-refractivity contribution < 1.29 is 13.2 Å². The Bertz CT molecular complexity index is 870. The first kappa shape index (κ1) is 13.2. The number of nitrogen functional groups attached to an aromatic ring is 1. The summed E-state index contributed by atoms with van der Waals surface area (Å²) in [5.41, 5.74) is 8.21. The largest absolute Gasteiger partial charge is 0.417 e. The first-order chi connectivity index (χ1) is 10.0. The summed E-state index contributed by atoms with van der Waals surface area (Å²) in [6, 6.07) is 6.78. The van der Waals surface area contributed by atoms with Crippen molar-refractivity contribution in [1.82, 2.24) is 4.98 Å². The number of hydrogen-bond donors (Lipinski definition) is 3.